The molecule has 0 aromatic carbocycles. The zero-order chi connectivity index (χ0) is 17.4. The highest BCUT2D eigenvalue weighted by Crippen LogP contribution is 2.16. The Bertz CT molecular complexity index is 1120. The van der Waals surface area contributed by atoms with E-state index in [-0.39, 0.29) is 5.28 Å². The van der Waals surface area contributed by atoms with Crippen molar-refractivity contribution in [3.8, 4) is 17.1 Å². The van der Waals surface area contributed by atoms with E-state index in [2.05, 4.69) is 15.0 Å². The number of aromatic nitrogens is 5. The minimum absolute atomic E-state index is 0.158. The van der Waals surface area contributed by atoms with Gasteiger partial charge >= 0.3 is 5.69 Å². The maximum atomic E-state index is 12.8. The van der Waals surface area contributed by atoms with Crippen LogP contribution in [0.5, 0.6) is 0 Å². The van der Waals surface area contributed by atoms with Gasteiger partial charge in [0.1, 0.15) is 0 Å². The largest absolute Gasteiger partial charge is 0.357 e. The lowest BCUT2D eigenvalue weighted by Crippen LogP contribution is -2.36. The topological polar surface area (TPSA) is 82.7 Å². The predicted molar refractivity (Wildman–Crippen MR) is 94.7 cm³/mol. The number of hydrogen-bond acceptors (Lipinski definition) is 6. The van der Waals surface area contributed by atoms with E-state index < -0.39 is 11.2 Å². The molecule has 0 fully saturated rings. The van der Waals surface area contributed by atoms with Crippen LogP contribution in [-0.2, 0) is 6.54 Å². The first-order chi connectivity index (χ1) is 12.1. The van der Waals surface area contributed by atoms with Crippen molar-refractivity contribution < 1.29 is 0 Å². The van der Waals surface area contributed by atoms with Crippen LogP contribution in [0.1, 0.15) is 5.56 Å². The second kappa shape index (κ2) is 6.23. The zero-order valence-corrected chi connectivity index (χ0v) is 14.2. The van der Waals surface area contributed by atoms with Crippen molar-refractivity contribution in [1.82, 2.24) is 24.1 Å². The van der Waals surface area contributed by atoms with Gasteiger partial charge in [-0.3, -0.25) is 4.79 Å². The molecular formula is C16H10ClN5O2S. The third-order valence-corrected chi connectivity index (χ3v) is 4.53. The molecule has 124 valence electrons. The summed E-state index contributed by atoms with van der Waals surface area (Å²) in [7, 11) is 0. The molecule has 25 heavy (non-hydrogen) atoms. The predicted octanol–water partition coefficient (Wildman–Crippen LogP) is 2.05. The summed E-state index contributed by atoms with van der Waals surface area (Å²) in [6, 6.07) is 5.11. The maximum absolute atomic E-state index is 12.8. The Morgan fingerprint density at radius 3 is 2.68 bits per heavy atom. The highest BCUT2D eigenvalue weighted by molar-refractivity contribution is 7.08. The van der Waals surface area contributed by atoms with Crippen molar-refractivity contribution in [2.24, 2.45) is 0 Å². The Balaban J connectivity index is 1.87. The molecule has 0 aliphatic carbocycles. The van der Waals surface area contributed by atoms with Crippen LogP contribution < -0.4 is 11.2 Å². The minimum atomic E-state index is -0.608. The van der Waals surface area contributed by atoms with Crippen LogP contribution in [0.3, 0.4) is 0 Å². The zero-order valence-electron chi connectivity index (χ0n) is 12.7. The molecular weight excluding hydrogens is 362 g/mol. The van der Waals surface area contributed by atoms with Crippen LogP contribution in [0.25, 0.3) is 17.1 Å². The van der Waals surface area contributed by atoms with E-state index in [9.17, 15) is 9.59 Å². The van der Waals surface area contributed by atoms with Gasteiger partial charge in [-0.05, 0) is 35.2 Å². The van der Waals surface area contributed by atoms with Crippen molar-refractivity contribution in [3.63, 3.8) is 0 Å². The Morgan fingerprint density at radius 2 is 1.96 bits per heavy atom. The number of rotatable bonds is 3. The van der Waals surface area contributed by atoms with Gasteiger partial charge in [-0.2, -0.15) is 16.3 Å². The summed E-state index contributed by atoms with van der Waals surface area (Å²) in [5.74, 6) is 0.318. The third kappa shape index (κ3) is 2.86. The Morgan fingerprint density at radius 1 is 1.16 bits per heavy atom. The fraction of sp³-hybridized carbons (Fsp3) is 0.0625. The van der Waals surface area contributed by atoms with Crippen molar-refractivity contribution in [3.05, 3.63) is 79.2 Å². The second-order valence-electron chi connectivity index (χ2n) is 5.25. The van der Waals surface area contributed by atoms with Gasteiger partial charge in [0.2, 0.25) is 5.28 Å². The Hall–Kier alpha value is -2.84. The van der Waals surface area contributed by atoms with E-state index in [1.807, 2.05) is 0 Å². The van der Waals surface area contributed by atoms with Crippen LogP contribution in [-0.4, -0.2) is 24.1 Å². The molecule has 0 amide bonds. The van der Waals surface area contributed by atoms with Crippen LogP contribution in [0.2, 0.25) is 5.28 Å². The molecule has 9 heteroatoms. The number of hydrogen-bond donors (Lipinski definition) is 0. The van der Waals surface area contributed by atoms with Gasteiger partial charge in [0.25, 0.3) is 5.56 Å². The van der Waals surface area contributed by atoms with Gasteiger partial charge < -0.3 is 4.57 Å². The van der Waals surface area contributed by atoms with E-state index in [0.717, 1.165) is 10.1 Å². The average molecular weight is 372 g/mol. The number of thiophene rings is 1. The lowest BCUT2D eigenvalue weighted by molar-refractivity contribution is 0.747. The summed E-state index contributed by atoms with van der Waals surface area (Å²) in [6.07, 6.45) is 4.93. The first-order valence-corrected chi connectivity index (χ1v) is 8.57. The first-order valence-electron chi connectivity index (χ1n) is 7.25. The highest BCUT2D eigenvalue weighted by atomic mass is 35.5. The van der Waals surface area contributed by atoms with Gasteiger partial charge in [0.05, 0.1) is 17.8 Å². The Labute approximate surface area is 150 Å². The molecule has 0 atom stereocenters. The average Bonchev–Trinajstić information content (AvgIpc) is 3.12. The van der Waals surface area contributed by atoms with Crippen LogP contribution in [0.15, 0.2) is 57.1 Å². The van der Waals surface area contributed by atoms with Crippen molar-refractivity contribution in [2.75, 3.05) is 0 Å². The fourth-order valence-corrected chi connectivity index (χ4v) is 3.26. The summed E-state index contributed by atoms with van der Waals surface area (Å²) in [6.45, 7) is 0.364. The quantitative estimate of drug-likeness (QED) is 0.515. The van der Waals surface area contributed by atoms with Crippen LogP contribution >= 0.6 is 22.9 Å². The van der Waals surface area contributed by atoms with E-state index >= 15 is 0 Å². The molecule has 2 aromatic rings. The van der Waals surface area contributed by atoms with E-state index in [4.69, 9.17) is 11.6 Å². The Kier molecular flexibility index (Phi) is 3.90. The molecule has 4 rings (SSSR count). The molecule has 0 saturated heterocycles. The number of fused-ring (bicyclic) bond motifs is 1. The fourth-order valence-electron chi connectivity index (χ4n) is 2.54. The third-order valence-electron chi connectivity index (χ3n) is 3.66. The van der Waals surface area contributed by atoms with E-state index in [0.29, 0.717) is 23.6 Å². The summed E-state index contributed by atoms with van der Waals surface area (Å²) < 4.78 is 2.79. The lowest BCUT2D eigenvalue weighted by atomic mass is 10.2. The molecule has 4 heterocycles. The smallest absolute Gasteiger partial charge is 0.328 e. The normalized spacial score (nSPS) is 11.1. The number of halogens is 1. The molecule has 0 unspecified atom stereocenters. The van der Waals surface area contributed by atoms with Gasteiger partial charge in [-0.1, -0.05) is 0 Å². The van der Waals surface area contributed by atoms with Crippen molar-refractivity contribution >= 4 is 22.9 Å². The number of nitrogens with zero attached hydrogens (tertiary/aromatic N) is 5. The molecule has 2 aliphatic heterocycles. The summed E-state index contributed by atoms with van der Waals surface area (Å²) >= 11 is 7.10. The van der Waals surface area contributed by atoms with Crippen LogP contribution in [0.4, 0.5) is 0 Å². The molecule has 0 radical (unpaired) electrons. The standard InChI is InChI=1S/C16H10ClN5O2S/c17-15-18-6-10(7-19-15)8-21-4-1-2-12-13(21)20-16(24)22(14(12)23)11-3-5-25-9-11/h1-7,9H,8H2. The molecule has 2 aromatic heterocycles. The van der Waals surface area contributed by atoms with Gasteiger partial charge in [-0.15, -0.1) is 0 Å². The molecule has 0 spiro atoms. The minimum Gasteiger partial charge on any atom is -0.328 e. The van der Waals surface area contributed by atoms with Gasteiger partial charge in [0.15, 0.2) is 5.82 Å². The lowest BCUT2D eigenvalue weighted by Gasteiger charge is -2.14. The van der Waals surface area contributed by atoms with Crippen molar-refractivity contribution in [2.45, 2.75) is 6.54 Å². The molecule has 0 saturated carbocycles. The molecule has 0 N–H and O–H groups in total. The number of pyridine rings is 1. The molecule has 7 nitrogen and oxygen atoms in total. The van der Waals surface area contributed by atoms with Crippen LogP contribution in [0, 0.1) is 0 Å². The van der Waals surface area contributed by atoms with Gasteiger partial charge in [0, 0.05) is 29.5 Å². The monoisotopic (exact) mass is 371 g/mol. The maximum Gasteiger partial charge on any atom is 0.357 e. The SMILES string of the molecule is O=c1nc2n(Cc3cnc(Cl)nc3)cccc-2c(=O)n1-c1ccsc1. The van der Waals surface area contributed by atoms with E-state index in [1.165, 1.54) is 11.3 Å². The van der Waals surface area contributed by atoms with E-state index in [1.54, 1.807) is 52.1 Å². The highest BCUT2D eigenvalue weighted by Gasteiger charge is 2.18. The van der Waals surface area contributed by atoms with Crippen molar-refractivity contribution in [1.29, 1.82) is 0 Å². The first kappa shape index (κ1) is 15.7. The summed E-state index contributed by atoms with van der Waals surface area (Å²) in [5.41, 5.74) is 0.663. The van der Waals surface area contributed by atoms with Gasteiger partial charge in [-0.25, -0.2) is 19.3 Å². The second-order valence-corrected chi connectivity index (χ2v) is 6.37. The molecule has 2 aliphatic rings. The summed E-state index contributed by atoms with van der Waals surface area (Å²) in [5, 5.41) is 3.69. The summed E-state index contributed by atoms with van der Waals surface area (Å²) in [4.78, 5) is 37.2. The molecule has 0 bridgehead atoms.